The Balaban J connectivity index is 1.96. The van der Waals surface area contributed by atoms with Gasteiger partial charge in [0.15, 0.2) is 0 Å². The average Bonchev–Trinajstić information content (AvgIpc) is 2.28. The van der Waals surface area contributed by atoms with E-state index in [1.54, 1.807) is 6.20 Å². The van der Waals surface area contributed by atoms with Crippen LogP contribution in [0.25, 0.3) is 11.4 Å². The number of hydrogen-bond acceptors (Lipinski definition) is 4. The Kier molecular flexibility index (Phi) is 2.34. The third-order valence-electron chi connectivity index (χ3n) is 2.75. The van der Waals surface area contributed by atoms with Gasteiger partial charge in [0, 0.05) is 31.4 Å². The number of aromatic nitrogens is 3. The second kappa shape index (κ2) is 3.98. The van der Waals surface area contributed by atoms with Crippen LogP contribution in [-0.4, -0.2) is 28.0 Å². The first kappa shape index (κ1) is 9.42. The molecule has 1 saturated heterocycles. The zero-order valence-corrected chi connectivity index (χ0v) is 8.80. The number of nitrogens with zero attached hydrogens (tertiary/aromatic N) is 3. The largest absolute Gasteiger partial charge is 0.315 e. The van der Waals surface area contributed by atoms with Gasteiger partial charge in [0.25, 0.3) is 0 Å². The van der Waals surface area contributed by atoms with Crippen LogP contribution in [0.15, 0.2) is 36.7 Å². The topological polar surface area (TPSA) is 50.7 Å². The first-order valence-corrected chi connectivity index (χ1v) is 5.38. The third-order valence-corrected chi connectivity index (χ3v) is 2.75. The molecule has 1 fully saturated rings. The second-order valence-electron chi connectivity index (χ2n) is 3.87. The van der Waals surface area contributed by atoms with Gasteiger partial charge in [-0.15, -0.1) is 0 Å². The molecule has 2 aromatic heterocycles. The van der Waals surface area contributed by atoms with Gasteiger partial charge in [0.05, 0.1) is 11.4 Å². The highest BCUT2D eigenvalue weighted by molar-refractivity contribution is 5.52. The summed E-state index contributed by atoms with van der Waals surface area (Å²) in [5.74, 6) is 1.38. The molecule has 4 nitrogen and oxygen atoms in total. The molecule has 0 saturated carbocycles. The maximum absolute atomic E-state index is 4.55. The highest BCUT2D eigenvalue weighted by Crippen LogP contribution is 2.19. The van der Waals surface area contributed by atoms with E-state index in [1.165, 1.54) is 0 Å². The SMILES string of the molecule is c1ccc(-c2ccnc(C3CNC3)n2)nc1. The minimum absolute atomic E-state index is 0.462. The molecule has 0 amide bonds. The lowest BCUT2D eigenvalue weighted by Crippen LogP contribution is -2.40. The van der Waals surface area contributed by atoms with Crippen LogP contribution in [0.2, 0.25) is 0 Å². The van der Waals surface area contributed by atoms with E-state index in [9.17, 15) is 0 Å². The maximum Gasteiger partial charge on any atom is 0.134 e. The van der Waals surface area contributed by atoms with Gasteiger partial charge in [-0.25, -0.2) is 9.97 Å². The van der Waals surface area contributed by atoms with E-state index in [0.717, 1.165) is 30.3 Å². The molecule has 0 spiro atoms. The van der Waals surface area contributed by atoms with Crippen molar-refractivity contribution >= 4 is 0 Å². The molecule has 0 aliphatic carbocycles. The summed E-state index contributed by atoms with van der Waals surface area (Å²) in [5.41, 5.74) is 1.80. The molecule has 3 heterocycles. The zero-order chi connectivity index (χ0) is 10.8. The summed E-state index contributed by atoms with van der Waals surface area (Å²) in [5, 5.41) is 3.22. The summed E-state index contributed by atoms with van der Waals surface area (Å²) in [4.78, 5) is 13.1. The molecule has 80 valence electrons. The molecule has 0 atom stereocenters. The first-order chi connectivity index (χ1) is 7.93. The fraction of sp³-hybridized carbons (Fsp3) is 0.250. The molecule has 0 unspecified atom stereocenters. The van der Waals surface area contributed by atoms with Gasteiger partial charge < -0.3 is 5.32 Å². The first-order valence-electron chi connectivity index (χ1n) is 5.38. The lowest BCUT2D eigenvalue weighted by atomic mass is 10.0. The van der Waals surface area contributed by atoms with Crippen molar-refractivity contribution in [3.05, 3.63) is 42.5 Å². The van der Waals surface area contributed by atoms with Crippen LogP contribution in [0.3, 0.4) is 0 Å². The zero-order valence-electron chi connectivity index (χ0n) is 8.80. The molecule has 2 aromatic rings. The molecular weight excluding hydrogens is 200 g/mol. The quantitative estimate of drug-likeness (QED) is 0.813. The molecule has 4 heteroatoms. The lowest BCUT2D eigenvalue weighted by molar-refractivity contribution is 0.430. The van der Waals surface area contributed by atoms with Gasteiger partial charge in [-0.1, -0.05) is 6.07 Å². The Hall–Kier alpha value is -1.81. The average molecular weight is 212 g/mol. The van der Waals surface area contributed by atoms with Crippen LogP contribution in [0.4, 0.5) is 0 Å². The smallest absolute Gasteiger partial charge is 0.134 e. The minimum atomic E-state index is 0.462. The van der Waals surface area contributed by atoms with Gasteiger partial charge in [-0.2, -0.15) is 0 Å². The number of hydrogen-bond donors (Lipinski definition) is 1. The summed E-state index contributed by atoms with van der Waals surface area (Å²) < 4.78 is 0. The van der Waals surface area contributed by atoms with Gasteiger partial charge in [-0.3, -0.25) is 4.98 Å². The highest BCUT2D eigenvalue weighted by Gasteiger charge is 2.21. The standard InChI is InChI=1S/C12H12N4/c1-2-5-14-10(3-1)11-4-6-15-12(16-11)9-7-13-8-9/h1-6,9,13H,7-8H2. The Morgan fingerprint density at radius 1 is 1.00 bits per heavy atom. The van der Waals surface area contributed by atoms with Crippen LogP contribution in [-0.2, 0) is 0 Å². The summed E-state index contributed by atoms with van der Waals surface area (Å²) >= 11 is 0. The molecule has 0 radical (unpaired) electrons. The number of rotatable bonds is 2. The molecule has 16 heavy (non-hydrogen) atoms. The van der Waals surface area contributed by atoms with Crippen LogP contribution < -0.4 is 5.32 Å². The van der Waals surface area contributed by atoms with Crippen molar-refractivity contribution in [2.45, 2.75) is 5.92 Å². The van der Waals surface area contributed by atoms with Crippen molar-refractivity contribution in [3.8, 4) is 11.4 Å². The van der Waals surface area contributed by atoms with Crippen LogP contribution in [0, 0.1) is 0 Å². The Bertz CT molecular complexity index is 479. The summed E-state index contributed by atoms with van der Waals surface area (Å²) in [6.07, 6.45) is 3.59. The minimum Gasteiger partial charge on any atom is -0.315 e. The molecule has 1 aliphatic rings. The molecule has 1 aliphatic heterocycles. The number of nitrogens with one attached hydrogen (secondary N) is 1. The Morgan fingerprint density at radius 3 is 2.62 bits per heavy atom. The van der Waals surface area contributed by atoms with E-state index in [2.05, 4.69) is 20.3 Å². The third kappa shape index (κ3) is 1.67. The van der Waals surface area contributed by atoms with Gasteiger partial charge in [0.2, 0.25) is 0 Å². The molecule has 1 N–H and O–H groups in total. The molecular formula is C12H12N4. The van der Waals surface area contributed by atoms with Crippen molar-refractivity contribution in [3.63, 3.8) is 0 Å². The summed E-state index contributed by atoms with van der Waals surface area (Å²) in [6.45, 7) is 1.96. The van der Waals surface area contributed by atoms with Crippen LogP contribution in [0.1, 0.15) is 11.7 Å². The van der Waals surface area contributed by atoms with Crippen molar-refractivity contribution in [1.29, 1.82) is 0 Å². The Labute approximate surface area is 93.8 Å². The summed E-state index contributed by atoms with van der Waals surface area (Å²) in [6, 6.07) is 7.74. The maximum atomic E-state index is 4.55. The fourth-order valence-electron chi connectivity index (χ4n) is 1.70. The van der Waals surface area contributed by atoms with E-state index in [0.29, 0.717) is 5.92 Å². The monoisotopic (exact) mass is 212 g/mol. The van der Waals surface area contributed by atoms with E-state index >= 15 is 0 Å². The normalized spacial score (nSPS) is 15.8. The molecule has 0 bridgehead atoms. The molecule has 3 rings (SSSR count). The van der Waals surface area contributed by atoms with Crippen molar-refractivity contribution in [2.24, 2.45) is 0 Å². The lowest BCUT2D eigenvalue weighted by Gasteiger charge is -2.25. The molecule has 0 aromatic carbocycles. The fourth-order valence-corrected chi connectivity index (χ4v) is 1.70. The number of pyridine rings is 1. The Morgan fingerprint density at radius 2 is 1.94 bits per heavy atom. The van der Waals surface area contributed by atoms with Gasteiger partial charge >= 0.3 is 0 Å². The van der Waals surface area contributed by atoms with E-state index in [4.69, 9.17) is 0 Å². The van der Waals surface area contributed by atoms with Crippen molar-refractivity contribution < 1.29 is 0 Å². The predicted molar refractivity (Wildman–Crippen MR) is 60.9 cm³/mol. The van der Waals surface area contributed by atoms with Crippen LogP contribution >= 0.6 is 0 Å². The van der Waals surface area contributed by atoms with E-state index in [-0.39, 0.29) is 0 Å². The van der Waals surface area contributed by atoms with Crippen molar-refractivity contribution in [2.75, 3.05) is 13.1 Å². The van der Waals surface area contributed by atoms with Crippen molar-refractivity contribution in [1.82, 2.24) is 20.3 Å². The highest BCUT2D eigenvalue weighted by atomic mass is 15.0. The predicted octanol–water partition coefficient (Wildman–Crippen LogP) is 1.23. The van der Waals surface area contributed by atoms with Gasteiger partial charge in [-0.05, 0) is 18.2 Å². The van der Waals surface area contributed by atoms with E-state index in [1.807, 2.05) is 30.5 Å². The van der Waals surface area contributed by atoms with Crippen LogP contribution in [0.5, 0.6) is 0 Å². The summed E-state index contributed by atoms with van der Waals surface area (Å²) in [7, 11) is 0. The van der Waals surface area contributed by atoms with E-state index < -0.39 is 0 Å². The second-order valence-corrected chi connectivity index (χ2v) is 3.87. The van der Waals surface area contributed by atoms with Gasteiger partial charge in [0.1, 0.15) is 5.82 Å².